The van der Waals surface area contributed by atoms with Crippen LogP contribution in [-0.4, -0.2) is 20.9 Å². The van der Waals surface area contributed by atoms with E-state index < -0.39 is 10.0 Å². The third-order valence-corrected chi connectivity index (χ3v) is 7.81. The second kappa shape index (κ2) is 8.60. The Bertz CT molecular complexity index is 1280. The van der Waals surface area contributed by atoms with Gasteiger partial charge in [0, 0.05) is 22.8 Å². The van der Waals surface area contributed by atoms with Crippen molar-refractivity contribution in [3.05, 3.63) is 87.4 Å². The summed E-state index contributed by atoms with van der Waals surface area (Å²) in [6.45, 7) is 6.37. The van der Waals surface area contributed by atoms with Crippen molar-refractivity contribution in [2.45, 2.75) is 38.5 Å². The van der Waals surface area contributed by atoms with E-state index in [2.05, 4.69) is 5.32 Å². The molecular formula is C25H25ClN2O3S. The highest BCUT2D eigenvalue weighted by Crippen LogP contribution is 2.33. The van der Waals surface area contributed by atoms with Gasteiger partial charge in [-0.3, -0.25) is 9.10 Å². The van der Waals surface area contributed by atoms with Crippen molar-refractivity contribution in [3.8, 4) is 0 Å². The number of nitrogens with zero attached hydrogens (tertiary/aromatic N) is 1. The number of carbonyl (C=O) groups is 1. The second-order valence-corrected chi connectivity index (χ2v) is 10.5. The molecule has 0 saturated heterocycles. The Hall–Kier alpha value is -2.83. The van der Waals surface area contributed by atoms with Crippen molar-refractivity contribution in [2.24, 2.45) is 0 Å². The average molecular weight is 469 g/mol. The number of carbonyl (C=O) groups excluding carboxylic acids is 1. The highest BCUT2D eigenvalue weighted by atomic mass is 35.5. The zero-order valence-electron chi connectivity index (χ0n) is 18.3. The first-order valence-electron chi connectivity index (χ1n) is 10.5. The number of benzene rings is 3. The lowest BCUT2D eigenvalue weighted by Gasteiger charge is -2.30. The number of hydrogen-bond donors (Lipinski definition) is 1. The molecule has 0 spiro atoms. The van der Waals surface area contributed by atoms with E-state index in [-0.39, 0.29) is 10.8 Å². The van der Waals surface area contributed by atoms with E-state index in [1.807, 2.05) is 32.9 Å². The van der Waals surface area contributed by atoms with Gasteiger partial charge in [-0.05, 0) is 92.8 Å². The molecule has 0 aliphatic carbocycles. The van der Waals surface area contributed by atoms with E-state index in [0.717, 1.165) is 27.9 Å². The van der Waals surface area contributed by atoms with Gasteiger partial charge >= 0.3 is 0 Å². The zero-order chi connectivity index (χ0) is 23.0. The summed E-state index contributed by atoms with van der Waals surface area (Å²) in [4.78, 5) is 13.2. The molecule has 0 fully saturated rings. The van der Waals surface area contributed by atoms with Crippen LogP contribution in [0.5, 0.6) is 0 Å². The summed E-state index contributed by atoms with van der Waals surface area (Å²) >= 11 is 5.91. The highest BCUT2D eigenvalue weighted by molar-refractivity contribution is 7.92. The monoisotopic (exact) mass is 468 g/mol. The number of anilines is 2. The molecule has 1 amide bonds. The van der Waals surface area contributed by atoms with Crippen molar-refractivity contribution in [3.63, 3.8) is 0 Å². The van der Waals surface area contributed by atoms with Crippen LogP contribution < -0.4 is 9.62 Å². The summed E-state index contributed by atoms with van der Waals surface area (Å²) < 4.78 is 27.9. The van der Waals surface area contributed by atoms with E-state index in [4.69, 9.17) is 11.6 Å². The molecule has 3 aromatic carbocycles. The molecule has 4 rings (SSSR count). The van der Waals surface area contributed by atoms with Crippen molar-refractivity contribution in [1.29, 1.82) is 0 Å². The van der Waals surface area contributed by atoms with Gasteiger partial charge in [-0.1, -0.05) is 29.3 Å². The molecule has 0 aromatic heterocycles. The molecule has 0 unspecified atom stereocenters. The molecule has 166 valence electrons. The molecule has 32 heavy (non-hydrogen) atoms. The zero-order valence-corrected chi connectivity index (χ0v) is 19.8. The standard InChI is InChI=1S/C25H25ClN2O3S/c1-16-13-17(2)24(18(3)14-16)27-25(29)20-6-11-23-19(15-20)5-4-12-28(23)32(30,31)22-9-7-21(26)8-10-22/h6-11,13-15H,4-5,12H2,1-3H3,(H,27,29). The maximum absolute atomic E-state index is 13.2. The first kappa shape index (κ1) is 22.4. The summed E-state index contributed by atoms with van der Waals surface area (Å²) in [5.41, 5.74) is 5.94. The van der Waals surface area contributed by atoms with Gasteiger partial charge in [0.2, 0.25) is 0 Å². The Morgan fingerprint density at radius 1 is 0.969 bits per heavy atom. The van der Waals surface area contributed by atoms with Gasteiger partial charge in [0.05, 0.1) is 10.6 Å². The van der Waals surface area contributed by atoms with Crippen molar-refractivity contribution in [2.75, 3.05) is 16.2 Å². The van der Waals surface area contributed by atoms with Crippen LogP contribution in [0.1, 0.15) is 39.0 Å². The molecule has 0 atom stereocenters. The number of fused-ring (bicyclic) bond motifs is 1. The van der Waals surface area contributed by atoms with Crippen molar-refractivity contribution >= 4 is 38.9 Å². The Kier molecular flexibility index (Phi) is 6.01. The maximum Gasteiger partial charge on any atom is 0.264 e. The predicted octanol–water partition coefficient (Wildman–Crippen LogP) is 5.66. The molecule has 1 aliphatic rings. The first-order valence-corrected chi connectivity index (χ1v) is 12.3. The number of amides is 1. The van der Waals surface area contributed by atoms with E-state index in [1.165, 1.54) is 16.4 Å². The predicted molar refractivity (Wildman–Crippen MR) is 129 cm³/mol. The molecule has 0 bridgehead atoms. The minimum atomic E-state index is -3.72. The van der Waals surface area contributed by atoms with Gasteiger partial charge in [0.25, 0.3) is 15.9 Å². The molecule has 1 aliphatic heterocycles. The number of aryl methyl sites for hydroxylation is 4. The summed E-state index contributed by atoms with van der Waals surface area (Å²) in [7, 11) is -3.72. The topological polar surface area (TPSA) is 66.5 Å². The average Bonchev–Trinajstić information content (AvgIpc) is 2.75. The van der Waals surface area contributed by atoms with Gasteiger partial charge in [0.15, 0.2) is 0 Å². The molecule has 5 nitrogen and oxygen atoms in total. The summed E-state index contributed by atoms with van der Waals surface area (Å²) in [5.74, 6) is -0.208. The van der Waals surface area contributed by atoms with E-state index in [0.29, 0.717) is 35.7 Å². The molecule has 0 radical (unpaired) electrons. The molecule has 7 heteroatoms. The van der Waals surface area contributed by atoms with Crippen LogP contribution in [-0.2, 0) is 16.4 Å². The maximum atomic E-state index is 13.2. The quantitative estimate of drug-likeness (QED) is 0.537. The van der Waals surface area contributed by atoms with Crippen LogP contribution in [0.2, 0.25) is 5.02 Å². The number of halogens is 1. The largest absolute Gasteiger partial charge is 0.322 e. The van der Waals surface area contributed by atoms with Gasteiger partial charge in [-0.15, -0.1) is 0 Å². The van der Waals surface area contributed by atoms with Crippen molar-refractivity contribution < 1.29 is 13.2 Å². The normalized spacial score (nSPS) is 13.6. The Morgan fingerprint density at radius 2 is 1.62 bits per heavy atom. The minimum absolute atomic E-state index is 0.196. The van der Waals surface area contributed by atoms with E-state index in [1.54, 1.807) is 30.3 Å². The van der Waals surface area contributed by atoms with Crippen molar-refractivity contribution in [1.82, 2.24) is 0 Å². The summed E-state index contributed by atoms with van der Waals surface area (Å²) in [5, 5.41) is 3.50. The van der Waals surface area contributed by atoms with Crippen LogP contribution >= 0.6 is 11.6 Å². The smallest absolute Gasteiger partial charge is 0.264 e. The summed E-state index contributed by atoms with van der Waals surface area (Å²) in [6, 6.07) is 15.5. The van der Waals surface area contributed by atoms with Crippen LogP contribution in [0, 0.1) is 20.8 Å². The third-order valence-electron chi connectivity index (χ3n) is 5.73. The highest BCUT2D eigenvalue weighted by Gasteiger charge is 2.29. The molecule has 0 saturated carbocycles. The Morgan fingerprint density at radius 3 is 2.28 bits per heavy atom. The molecule has 3 aromatic rings. The number of rotatable bonds is 4. The fourth-order valence-electron chi connectivity index (χ4n) is 4.25. The van der Waals surface area contributed by atoms with E-state index >= 15 is 0 Å². The van der Waals surface area contributed by atoms with Crippen LogP contribution in [0.15, 0.2) is 59.5 Å². The lowest BCUT2D eigenvalue weighted by Crippen LogP contribution is -2.35. The lowest BCUT2D eigenvalue weighted by molar-refractivity contribution is 0.102. The van der Waals surface area contributed by atoms with E-state index in [9.17, 15) is 13.2 Å². The molecule has 1 heterocycles. The van der Waals surface area contributed by atoms with Gasteiger partial charge < -0.3 is 5.32 Å². The second-order valence-electron chi connectivity index (χ2n) is 8.21. The Balaban J connectivity index is 1.64. The van der Waals surface area contributed by atoms with Gasteiger partial charge in [-0.2, -0.15) is 0 Å². The fraction of sp³-hybridized carbons (Fsp3) is 0.240. The first-order chi connectivity index (χ1) is 15.2. The SMILES string of the molecule is Cc1cc(C)c(NC(=O)c2ccc3c(c2)CCCN3S(=O)(=O)c2ccc(Cl)cc2)c(C)c1. The minimum Gasteiger partial charge on any atom is -0.322 e. The van der Waals surface area contributed by atoms with Crippen LogP contribution in [0.25, 0.3) is 0 Å². The Labute approximate surface area is 194 Å². The number of hydrogen-bond acceptors (Lipinski definition) is 3. The number of sulfonamides is 1. The number of nitrogens with one attached hydrogen (secondary N) is 1. The van der Waals surface area contributed by atoms with Gasteiger partial charge in [0.1, 0.15) is 0 Å². The molecular weight excluding hydrogens is 444 g/mol. The van der Waals surface area contributed by atoms with Crippen LogP contribution in [0.3, 0.4) is 0 Å². The van der Waals surface area contributed by atoms with Gasteiger partial charge in [-0.25, -0.2) is 8.42 Å². The fourth-order valence-corrected chi connectivity index (χ4v) is 5.92. The lowest BCUT2D eigenvalue weighted by atomic mass is 10.00. The molecule has 1 N–H and O–H groups in total. The summed E-state index contributed by atoms with van der Waals surface area (Å²) in [6.07, 6.45) is 1.40. The third kappa shape index (κ3) is 4.25. The van der Waals surface area contributed by atoms with Crippen LogP contribution in [0.4, 0.5) is 11.4 Å².